The highest BCUT2D eigenvalue weighted by atomic mass is 16.3. The van der Waals surface area contributed by atoms with Crippen molar-refractivity contribution in [3.63, 3.8) is 0 Å². The van der Waals surface area contributed by atoms with Crippen molar-refractivity contribution in [3.8, 4) is 0 Å². The smallest absolute Gasteiger partial charge is 0.0662 e. The average molecular weight is 244 g/mol. The second-order valence-corrected chi connectivity index (χ2v) is 6.63. The Morgan fingerprint density at radius 2 is 1.94 bits per heavy atom. The van der Waals surface area contributed by atoms with Gasteiger partial charge in [0.05, 0.1) is 5.60 Å². The monoisotopic (exact) mass is 244 g/mol. The molecule has 1 unspecified atom stereocenters. The highest BCUT2D eigenvalue weighted by Crippen LogP contribution is 2.35. The first-order chi connectivity index (χ1) is 8.62. The number of hydrogen-bond donors (Lipinski definition) is 1. The molecule has 1 N–H and O–H groups in total. The molecule has 2 aliphatic carbocycles. The van der Waals surface area contributed by atoms with Gasteiger partial charge in [0.1, 0.15) is 0 Å². The first kappa shape index (κ1) is 12.2. The molecule has 0 aromatic heterocycles. The third-order valence-corrected chi connectivity index (χ3v) is 4.70. The summed E-state index contributed by atoms with van der Waals surface area (Å²) in [4.78, 5) is 0. The van der Waals surface area contributed by atoms with E-state index in [1.165, 1.54) is 55.2 Å². The highest BCUT2D eigenvalue weighted by molar-refractivity contribution is 5.35. The number of fused-ring (bicyclic) bond motifs is 1. The van der Waals surface area contributed by atoms with E-state index in [-0.39, 0.29) is 0 Å². The van der Waals surface area contributed by atoms with E-state index in [1.54, 1.807) is 0 Å². The first-order valence-electron chi connectivity index (χ1n) is 7.45. The van der Waals surface area contributed by atoms with E-state index in [9.17, 15) is 5.11 Å². The van der Waals surface area contributed by atoms with Gasteiger partial charge in [0.25, 0.3) is 0 Å². The minimum Gasteiger partial charge on any atom is -0.390 e. The van der Waals surface area contributed by atoms with Gasteiger partial charge < -0.3 is 5.11 Å². The number of benzene rings is 1. The molecule has 3 rings (SSSR count). The predicted octanol–water partition coefficient (Wildman–Crippen LogP) is 3.66. The van der Waals surface area contributed by atoms with Crippen LogP contribution in [0.5, 0.6) is 0 Å². The van der Waals surface area contributed by atoms with Crippen molar-refractivity contribution in [3.05, 3.63) is 34.9 Å². The molecule has 1 nitrogen and oxygen atoms in total. The summed E-state index contributed by atoms with van der Waals surface area (Å²) in [6, 6.07) is 6.83. The van der Waals surface area contributed by atoms with Gasteiger partial charge in [-0.25, -0.2) is 0 Å². The van der Waals surface area contributed by atoms with Gasteiger partial charge in [-0.15, -0.1) is 0 Å². The molecule has 1 saturated carbocycles. The summed E-state index contributed by atoms with van der Waals surface area (Å²) in [6.07, 6.45) is 9.57. The Morgan fingerprint density at radius 3 is 2.67 bits per heavy atom. The van der Waals surface area contributed by atoms with Crippen molar-refractivity contribution < 1.29 is 5.11 Å². The molecule has 1 aromatic rings. The van der Waals surface area contributed by atoms with Crippen molar-refractivity contribution in [2.45, 2.75) is 63.9 Å². The van der Waals surface area contributed by atoms with Gasteiger partial charge in [-0.2, -0.15) is 0 Å². The minimum atomic E-state index is -0.516. The lowest BCUT2D eigenvalue weighted by Crippen LogP contribution is -2.32. The van der Waals surface area contributed by atoms with Crippen LogP contribution >= 0.6 is 0 Å². The minimum absolute atomic E-state index is 0.516. The number of aryl methyl sites for hydroxylation is 2. The fraction of sp³-hybridized carbons (Fsp3) is 0.647. The van der Waals surface area contributed by atoms with Crippen LogP contribution < -0.4 is 0 Å². The van der Waals surface area contributed by atoms with E-state index < -0.39 is 5.60 Å². The molecule has 0 aliphatic heterocycles. The fourth-order valence-electron chi connectivity index (χ4n) is 3.57. The normalized spacial score (nSPS) is 22.3. The molecule has 1 fully saturated rings. The van der Waals surface area contributed by atoms with Gasteiger partial charge in [0, 0.05) is 6.42 Å². The molecule has 2 aliphatic rings. The Hall–Kier alpha value is -0.820. The van der Waals surface area contributed by atoms with E-state index in [1.807, 2.05) is 6.92 Å². The van der Waals surface area contributed by atoms with Gasteiger partial charge in [0.15, 0.2) is 0 Å². The first-order valence-corrected chi connectivity index (χ1v) is 7.45. The highest BCUT2D eigenvalue weighted by Gasteiger charge is 2.29. The third kappa shape index (κ3) is 2.61. The van der Waals surface area contributed by atoms with Crippen LogP contribution in [0.1, 0.15) is 55.7 Å². The van der Waals surface area contributed by atoms with E-state index in [4.69, 9.17) is 0 Å². The topological polar surface area (TPSA) is 20.2 Å². The van der Waals surface area contributed by atoms with Crippen LogP contribution in [-0.2, 0) is 19.3 Å². The lowest BCUT2D eigenvalue weighted by atomic mass is 9.76. The van der Waals surface area contributed by atoms with Crippen LogP contribution in [0.3, 0.4) is 0 Å². The lowest BCUT2D eigenvalue weighted by Gasteiger charge is -2.33. The second kappa shape index (κ2) is 4.70. The molecule has 18 heavy (non-hydrogen) atoms. The van der Waals surface area contributed by atoms with E-state index >= 15 is 0 Å². The van der Waals surface area contributed by atoms with Crippen molar-refractivity contribution in [1.82, 2.24) is 0 Å². The van der Waals surface area contributed by atoms with Crippen LogP contribution in [0.15, 0.2) is 18.2 Å². The number of aliphatic hydroxyl groups is 1. The molecule has 1 aromatic carbocycles. The molecule has 0 saturated heterocycles. The third-order valence-electron chi connectivity index (χ3n) is 4.70. The zero-order valence-corrected chi connectivity index (χ0v) is 11.4. The van der Waals surface area contributed by atoms with Crippen LogP contribution in [0.25, 0.3) is 0 Å². The molecule has 0 spiro atoms. The summed E-state index contributed by atoms with van der Waals surface area (Å²) < 4.78 is 0. The molecular formula is C17H24O. The Morgan fingerprint density at radius 1 is 1.17 bits per heavy atom. The standard InChI is InChI=1S/C17H24O/c1-17(18,11-13-4-2-5-13)12-14-8-9-15-6-3-7-16(15)10-14/h8-10,13,18H,2-7,11-12H2,1H3. The Balaban J connectivity index is 1.67. The summed E-state index contributed by atoms with van der Waals surface area (Å²) in [5, 5.41) is 10.6. The van der Waals surface area contributed by atoms with E-state index in [0.717, 1.165) is 18.8 Å². The zero-order chi connectivity index (χ0) is 12.6. The van der Waals surface area contributed by atoms with Crippen LogP contribution in [0, 0.1) is 5.92 Å². The molecule has 0 bridgehead atoms. The van der Waals surface area contributed by atoms with Crippen molar-refractivity contribution in [2.75, 3.05) is 0 Å². The fourth-order valence-corrected chi connectivity index (χ4v) is 3.57. The molecular weight excluding hydrogens is 220 g/mol. The summed E-state index contributed by atoms with van der Waals surface area (Å²) >= 11 is 0. The van der Waals surface area contributed by atoms with Crippen molar-refractivity contribution in [1.29, 1.82) is 0 Å². The average Bonchev–Trinajstić information content (AvgIpc) is 2.70. The predicted molar refractivity (Wildman–Crippen MR) is 74.8 cm³/mol. The Kier molecular flexibility index (Phi) is 3.19. The van der Waals surface area contributed by atoms with Gasteiger partial charge >= 0.3 is 0 Å². The van der Waals surface area contributed by atoms with E-state index in [2.05, 4.69) is 18.2 Å². The van der Waals surface area contributed by atoms with Crippen LogP contribution in [-0.4, -0.2) is 10.7 Å². The molecule has 0 amide bonds. The summed E-state index contributed by atoms with van der Waals surface area (Å²) in [6.45, 7) is 2.01. The number of rotatable bonds is 4. The zero-order valence-electron chi connectivity index (χ0n) is 11.4. The van der Waals surface area contributed by atoms with Gasteiger partial charge in [-0.1, -0.05) is 37.5 Å². The van der Waals surface area contributed by atoms with Crippen molar-refractivity contribution in [2.24, 2.45) is 5.92 Å². The molecule has 0 radical (unpaired) electrons. The quantitative estimate of drug-likeness (QED) is 0.857. The lowest BCUT2D eigenvalue weighted by molar-refractivity contribution is 0.0204. The maximum atomic E-state index is 10.6. The molecule has 0 heterocycles. The maximum absolute atomic E-state index is 10.6. The summed E-state index contributed by atoms with van der Waals surface area (Å²) in [7, 11) is 0. The van der Waals surface area contributed by atoms with Crippen molar-refractivity contribution >= 4 is 0 Å². The summed E-state index contributed by atoms with van der Waals surface area (Å²) in [5.74, 6) is 0.773. The van der Waals surface area contributed by atoms with Crippen LogP contribution in [0.2, 0.25) is 0 Å². The molecule has 1 atom stereocenters. The summed E-state index contributed by atoms with van der Waals surface area (Å²) in [5.41, 5.74) is 3.85. The molecule has 98 valence electrons. The SMILES string of the molecule is CC(O)(Cc1ccc2c(c1)CCC2)CC1CCC1. The van der Waals surface area contributed by atoms with E-state index in [0.29, 0.717) is 0 Å². The number of hydrogen-bond acceptors (Lipinski definition) is 1. The largest absolute Gasteiger partial charge is 0.390 e. The van der Waals surface area contributed by atoms with Gasteiger partial charge in [-0.3, -0.25) is 0 Å². The second-order valence-electron chi connectivity index (χ2n) is 6.63. The maximum Gasteiger partial charge on any atom is 0.0662 e. The molecule has 1 heteroatoms. The van der Waals surface area contributed by atoms with Crippen LogP contribution in [0.4, 0.5) is 0 Å². The Bertz CT molecular complexity index is 429. The van der Waals surface area contributed by atoms with Gasteiger partial charge in [-0.05, 0) is 55.2 Å². The Labute approximate surface area is 110 Å². The van der Waals surface area contributed by atoms with Gasteiger partial charge in [0.2, 0.25) is 0 Å².